The summed E-state index contributed by atoms with van der Waals surface area (Å²) in [6.07, 6.45) is 5.05. The Labute approximate surface area is 127 Å². The average molecular weight is 293 g/mol. The van der Waals surface area contributed by atoms with Crippen molar-refractivity contribution in [1.29, 1.82) is 0 Å². The second-order valence-corrected chi connectivity index (χ2v) is 5.40. The zero-order chi connectivity index (χ0) is 15.7. The minimum atomic E-state index is -1.06. The molecule has 6 nitrogen and oxygen atoms in total. The molecule has 3 aromatic heterocycles. The van der Waals surface area contributed by atoms with Crippen LogP contribution in [0.3, 0.4) is 0 Å². The van der Waals surface area contributed by atoms with Gasteiger partial charge in [0.05, 0.1) is 16.8 Å². The number of aliphatic hydroxyl groups is 1. The Morgan fingerprint density at radius 3 is 2.77 bits per heavy atom. The van der Waals surface area contributed by atoms with Gasteiger partial charge < -0.3 is 10.8 Å². The van der Waals surface area contributed by atoms with Crippen molar-refractivity contribution in [2.75, 3.05) is 5.73 Å². The molecule has 3 heterocycles. The standard InChI is InChI=1S/C16H15N5O/c1-16(2,22)7-6-11-9-19-15-13(12-5-3-4-8-18-12)14(17)20-21(15)10-11/h3-5,8-10,22H,1-2H3,(H2,17,20). The van der Waals surface area contributed by atoms with E-state index in [1.807, 2.05) is 18.2 Å². The van der Waals surface area contributed by atoms with Crippen LogP contribution in [0.1, 0.15) is 19.4 Å². The number of nitrogens with zero attached hydrogens (tertiary/aromatic N) is 4. The van der Waals surface area contributed by atoms with E-state index >= 15 is 0 Å². The molecule has 3 N–H and O–H groups in total. The SMILES string of the molecule is CC(C)(O)C#Cc1cnc2c(-c3ccccn3)c(N)nn2c1. The van der Waals surface area contributed by atoms with Crippen LogP contribution >= 0.6 is 0 Å². The van der Waals surface area contributed by atoms with Crippen molar-refractivity contribution in [3.8, 4) is 23.1 Å². The van der Waals surface area contributed by atoms with Gasteiger partial charge in [0, 0.05) is 18.6 Å². The minimum absolute atomic E-state index is 0.360. The molecule has 0 fully saturated rings. The molecule has 3 aromatic rings. The highest BCUT2D eigenvalue weighted by Crippen LogP contribution is 2.27. The van der Waals surface area contributed by atoms with Crippen LogP contribution in [0.15, 0.2) is 36.8 Å². The molecule has 0 aliphatic heterocycles. The van der Waals surface area contributed by atoms with Crippen molar-refractivity contribution in [3.05, 3.63) is 42.4 Å². The molecule has 6 heteroatoms. The fraction of sp³-hybridized carbons (Fsp3) is 0.188. The molecule has 0 amide bonds. The van der Waals surface area contributed by atoms with E-state index in [4.69, 9.17) is 5.73 Å². The first-order valence-corrected chi connectivity index (χ1v) is 6.75. The van der Waals surface area contributed by atoms with Gasteiger partial charge in [-0.05, 0) is 26.0 Å². The predicted octanol–water partition coefficient (Wildman–Crippen LogP) is 1.50. The number of aromatic nitrogens is 4. The number of rotatable bonds is 1. The smallest absolute Gasteiger partial charge is 0.166 e. The van der Waals surface area contributed by atoms with E-state index in [2.05, 4.69) is 26.9 Å². The third kappa shape index (κ3) is 2.75. The van der Waals surface area contributed by atoms with Crippen molar-refractivity contribution in [3.63, 3.8) is 0 Å². The summed E-state index contributed by atoms with van der Waals surface area (Å²) in [6.45, 7) is 3.24. The molecule has 0 atom stereocenters. The lowest BCUT2D eigenvalue weighted by atomic mass is 10.1. The van der Waals surface area contributed by atoms with Crippen LogP contribution in [0.4, 0.5) is 5.82 Å². The molecule has 0 bridgehead atoms. The molecule has 0 saturated heterocycles. The topological polar surface area (TPSA) is 89.3 Å². The molecule has 0 aliphatic carbocycles. The lowest BCUT2D eigenvalue weighted by molar-refractivity contribution is 0.143. The number of nitrogen functional groups attached to an aromatic ring is 1. The number of anilines is 1. The number of hydrogen-bond acceptors (Lipinski definition) is 5. The Morgan fingerprint density at radius 2 is 2.09 bits per heavy atom. The van der Waals surface area contributed by atoms with Gasteiger partial charge in [0.25, 0.3) is 0 Å². The number of pyridine rings is 1. The molecular formula is C16H15N5O. The van der Waals surface area contributed by atoms with Crippen molar-refractivity contribution >= 4 is 11.5 Å². The fourth-order valence-electron chi connectivity index (χ4n) is 2.00. The van der Waals surface area contributed by atoms with E-state index in [0.29, 0.717) is 22.6 Å². The first kappa shape index (κ1) is 14.0. The number of fused-ring (bicyclic) bond motifs is 1. The quantitative estimate of drug-likeness (QED) is 0.664. The van der Waals surface area contributed by atoms with Crippen LogP contribution in [0.2, 0.25) is 0 Å². The molecule has 0 unspecified atom stereocenters. The van der Waals surface area contributed by atoms with Gasteiger partial charge in [-0.25, -0.2) is 9.50 Å². The summed E-state index contributed by atoms with van der Waals surface area (Å²) >= 11 is 0. The molecule has 110 valence electrons. The first-order valence-electron chi connectivity index (χ1n) is 6.75. The zero-order valence-electron chi connectivity index (χ0n) is 12.3. The van der Waals surface area contributed by atoms with E-state index in [-0.39, 0.29) is 0 Å². The highest BCUT2D eigenvalue weighted by atomic mass is 16.3. The van der Waals surface area contributed by atoms with Gasteiger partial charge in [0.15, 0.2) is 11.5 Å². The summed E-state index contributed by atoms with van der Waals surface area (Å²) in [5, 5.41) is 13.9. The molecule has 22 heavy (non-hydrogen) atoms. The summed E-state index contributed by atoms with van der Waals surface area (Å²) in [7, 11) is 0. The molecule has 0 radical (unpaired) electrons. The number of nitrogens with two attached hydrogens (primary N) is 1. The van der Waals surface area contributed by atoms with Gasteiger partial charge in [-0.1, -0.05) is 17.9 Å². The Hall–Kier alpha value is -2.91. The number of hydrogen-bond donors (Lipinski definition) is 2. The van der Waals surface area contributed by atoms with Crippen LogP contribution in [0.25, 0.3) is 16.9 Å². The fourth-order valence-corrected chi connectivity index (χ4v) is 2.00. The van der Waals surface area contributed by atoms with Crippen molar-refractivity contribution in [2.45, 2.75) is 19.4 Å². The maximum absolute atomic E-state index is 9.64. The van der Waals surface area contributed by atoms with Crippen LogP contribution in [-0.4, -0.2) is 30.3 Å². The molecule has 3 rings (SSSR count). The van der Waals surface area contributed by atoms with Crippen molar-refractivity contribution < 1.29 is 5.11 Å². The van der Waals surface area contributed by atoms with Gasteiger partial charge in [-0.3, -0.25) is 4.98 Å². The maximum atomic E-state index is 9.64. The third-order valence-corrected chi connectivity index (χ3v) is 2.93. The molecular weight excluding hydrogens is 278 g/mol. The van der Waals surface area contributed by atoms with Gasteiger partial charge in [-0.2, -0.15) is 0 Å². The largest absolute Gasteiger partial charge is 0.382 e. The Kier molecular flexibility index (Phi) is 3.28. The lowest BCUT2D eigenvalue weighted by Crippen LogP contribution is -2.14. The second-order valence-electron chi connectivity index (χ2n) is 5.40. The summed E-state index contributed by atoms with van der Waals surface area (Å²) in [5.74, 6) is 5.96. The van der Waals surface area contributed by atoms with Crippen molar-refractivity contribution in [2.24, 2.45) is 0 Å². The van der Waals surface area contributed by atoms with Gasteiger partial charge in [0.1, 0.15) is 5.60 Å². The van der Waals surface area contributed by atoms with E-state index < -0.39 is 5.60 Å². The normalized spacial score (nSPS) is 11.2. The minimum Gasteiger partial charge on any atom is -0.382 e. The molecule has 0 aliphatic rings. The zero-order valence-corrected chi connectivity index (χ0v) is 12.3. The Balaban J connectivity index is 2.11. The molecule has 0 spiro atoms. The van der Waals surface area contributed by atoms with E-state index in [0.717, 1.165) is 5.69 Å². The van der Waals surface area contributed by atoms with Crippen LogP contribution < -0.4 is 5.73 Å². The van der Waals surface area contributed by atoms with Gasteiger partial charge >= 0.3 is 0 Å². The maximum Gasteiger partial charge on any atom is 0.166 e. The first-order chi connectivity index (χ1) is 10.4. The summed E-state index contributed by atoms with van der Waals surface area (Å²) < 4.78 is 1.58. The molecule has 0 aromatic carbocycles. The van der Waals surface area contributed by atoms with Crippen LogP contribution in [-0.2, 0) is 0 Å². The Morgan fingerprint density at radius 1 is 1.27 bits per heavy atom. The van der Waals surface area contributed by atoms with Crippen LogP contribution in [0, 0.1) is 11.8 Å². The summed E-state index contributed by atoms with van der Waals surface area (Å²) in [6, 6.07) is 5.58. The summed E-state index contributed by atoms with van der Waals surface area (Å²) in [4.78, 5) is 8.66. The molecule has 0 saturated carbocycles. The average Bonchev–Trinajstić information content (AvgIpc) is 2.80. The van der Waals surface area contributed by atoms with Gasteiger partial charge in [-0.15, -0.1) is 5.10 Å². The van der Waals surface area contributed by atoms with Crippen molar-refractivity contribution in [1.82, 2.24) is 19.6 Å². The van der Waals surface area contributed by atoms with E-state index in [9.17, 15) is 5.11 Å². The second kappa shape index (κ2) is 5.13. The highest BCUT2D eigenvalue weighted by molar-refractivity contribution is 5.84. The third-order valence-electron chi connectivity index (χ3n) is 2.93. The summed E-state index contributed by atoms with van der Waals surface area (Å²) in [5.41, 5.74) is 7.61. The Bertz CT molecular complexity index is 882. The van der Waals surface area contributed by atoms with Gasteiger partial charge in [0.2, 0.25) is 0 Å². The van der Waals surface area contributed by atoms with Crippen LogP contribution in [0.5, 0.6) is 0 Å². The van der Waals surface area contributed by atoms with E-state index in [1.54, 1.807) is 37.0 Å². The predicted molar refractivity (Wildman–Crippen MR) is 83.8 cm³/mol. The van der Waals surface area contributed by atoms with E-state index in [1.165, 1.54) is 0 Å². The monoisotopic (exact) mass is 293 g/mol. The lowest BCUT2D eigenvalue weighted by Gasteiger charge is -2.05. The highest BCUT2D eigenvalue weighted by Gasteiger charge is 2.14.